The Labute approximate surface area is 90.7 Å². The molecule has 0 aliphatic rings. The van der Waals surface area contributed by atoms with E-state index in [-0.39, 0.29) is 5.78 Å². The number of halogens is 1. The summed E-state index contributed by atoms with van der Waals surface area (Å²) < 4.78 is 7.18. The lowest BCUT2D eigenvalue weighted by Crippen LogP contribution is -2.12. The van der Waals surface area contributed by atoms with Crippen molar-refractivity contribution >= 4 is 21.7 Å². The fourth-order valence-corrected chi connectivity index (χ4v) is 1.54. The maximum absolute atomic E-state index is 11.4. The van der Waals surface area contributed by atoms with Crippen molar-refractivity contribution in [3.63, 3.8) is 0 Å². The van der Waals surface area contributed by atoms with Gasteiger partial charge in [0.05, 0.1) is 23.8 Å². The smallest absolute Gasteiger partial charge is 0.204 e. The topological polar surface area (TPSA) is 44.1 Å². The predicted molar refractivity (Wildman–Crippen MR) is 56.3 cm³/mol. The van der Waals surface area contributed by atoms with E-state index in [4.69, 9.17) is 4.74 Å². The first-order valence-electron chi connectivity index (χ1n) is 4.07. The van der Waals surface area contributed by atoms with E-state index in [1.54, 1.807) is 18.0 Å². The molecule has 0 saturated heterocycles. The van der Waals surface area contributed by atoms with E-state index >= 15 is 0 Å². The second-order valence-electron chi connectivity index (χ2n) is 2.63. The van der Waals surface area contributed by atoms with Crippen LogP contribution >= 0.6 is 15.9 Å². The molecule has 0 fully saturated rings. The van der Waals surface area contributed by atoms with Gasteiger partial charge in [-0.15, -0.1) is 0 Å². The maximum atomic E-state index is 11.4. The molecule has 1 aromatic rings. The summed E-state index contributed by atoms with van der Waals surface area (Å²) in [6, 6.07) is 0. The zero-order chi connectivity index (χ0) is 10.6. The van der Waals surface area contributed by atoms with Crippen molar-refractivity contribution in [3.05, 3.63) is 29.0 Å². The molecule has 0 amide bonds. The molecule has 0 spiro atoms. The minimum atomic E-state index is -0.148. The molecule has 1 rings (SSSR count). The number of hydrogen-bond donors (Lipinski definition) is 0. The first-order valence-corrected chi connectivity index (χ1v) is 4.87. The lowest BCUT2D eigenvalue weighted by molar-refractivity contribution is 0.103. The summed E-state index contributed by atoms with van der Waals surface area (Å²) in [5.74, 6) is -0.148. The Morgan fingerprint density at radius 2 is 2.57 bits per heavy atom. The fourth-order valence-electron chi connectivity index (χ4n) is 1.05. The Balaban J connectivity index is 2.93. The molecule has 0 N–H and O–H groups in total. The van der Waals surface area contributed by atoms with Gasteiger partial charge in [-0.3, -0.25) is 9.48 Å². The third-order valence-electron chi connectivity index (χ3n) is 1.72. The quantitative estimate of drug-likeness (QED) is 0.596. The van der Waals surface area contributed by atoms with Gasteiger partial charge >= 0.3 is 0 Å². The molecule has 0 radical (unpaired) electrons. The maximum Gasteiger partial charge on any atom is 0.204 e. The Bertz CT molecular complexity index is 347. The van der Waals surface area contributed by atoms with Gasteiger partial charge in [-0.05, 0) is 22.0 Å². The van der Waals surface area contributed by atoms with Crippen LogP contribution in [0.15, 0.2) is 23.3 Å². The molecule has 1 heterocycles. The van der Waals surface area contributed by atoms with Gasteiger partial charge in [-0.2, -0.15) is 5.10 Å². The van der Waals surface area contributed by atoms with Crippen LogP contribution in [-0.2, 0) is 11.3 Å². The number of methoxy groups -OCH3 is 1. The highest BCUT2D eigenvalue weighted by Crippen LogP contribution is 2.16. The standard InChI is InChI=1S/C9H11BrN2O2/c1-3-8(13)9-7(10)6-11-12(9)4-5-14-2/h3,6H,1,4-5H2,2H3. The molecule has 0 aromatic carbocycles. The minimum absolute atomic E-state index is 0.148. The first kappa shape index (κ1) is 11.1. The normalized spacial score (nSPS) is 10.1. The highest BCUT2D eigenvalue weighted by atomic mass is 79.9. The largest absolute Gasteiger partial charge is 0.383 e. The van der Waals surface area contributed by atoms with Crippen LogP contribution in [0.25, 0.3) is 0 Å². The van der Waals surface area contributed by atoms with Crippen molar-refractivity contribution < 1.29 is 9.53 Å². The Hall–Kier alpha value is -0.940. The third-order valence-corrected chi connectivity index (χ3v) is 2.30. The molecule has 0 atom stereocenters. The molecule has 0 unspecified atom stereocenters. The molecule has 4 nitrogen and oxygen atoms in total. The second kappa shape index (κ2) is 5.07. The third kappa shape index (κ3) is 2.30. The Morgan fingerprint density at radius 3 is 3.14 bits per heavy atom. The first-order chi connectivity index (χ1) is 6.70. The van der Waals surface area contributed by atoms with Crippen molar-refractivity contribution in [2.75, 3.05) is 13.7 Å². The number of rotatable bonds is 5. The highest BCUT2D eigenvalue weighted by molar-refractivity contribution is 9.10. The average molecular weight is 259 g/mol. The van der Waals surface area contributed by atoms with Crippen LogP contribution in [0, 0.1) is 0 Å². The summed E-state index contributed by atoms with van der Waals surface area (Å²) in [5, 5.41) is 4.04. The van der Waals surface area contributed by atoms with Gasteiger partial charge in [0.15, 0.2) is 0 Å². The molecular weight excluding hydrogens is 248 g/mol. The number of hydrogen-bond acceptors (Lipinski definition) is 3. The van der Waals surface area contributed by atoms with Gasteiger partial charge in [0.1, 0.15) is 5.69 Å². The second-order valence-corrected chi connectivity index (χ2v) is 3.48. The summed E-state index contributed by atoms with van der Waals surface area (Å²) in [6.07, 6.45) is 2.86. The van der Waals surface area contributed by atoms with Crippen LogP contribution in [0.4, 0.5) is 0 Å². The van der Waals surface area contributed by atoms with Crippen LogP contribution < -0.4 is 0 Å². The molecule has 14 heavy (non-hydrogen) atoms. The zero-order valence-electron chi connectivity index (χ0n) is 7.86. The number of aromatic nitrogens is 2. The van der Waals surface area contributed by atoms with Crippen molar-refractivity contribution in [1.29, 1.82) is 0 Å². The number of ketones is 1. The van der Waals surface area contributed by atoms with E-state index in [2.05, 4.69) is 27.6 Å². The molecular formula is C9H11BrN2O2. The van der Waals surface area contributed by atoms with Crippen LogP contribution in [0.3, 0.4) is 0 Å². The van der Waals surface area contributed by atoms with Crippen molar-refractivity contribution in [1.82, 2.24) is 9.78 Å². The molecule has 0 aliphatic heterocycles. The number of carbonyl (C=O) groups is 1. The van der Waals surface area contributed by atoms with Crippen LogP contribution in [0.2, 0.25) is 0 Å². The highest BCUT2D eigenvalue weighted by Gasteiger charge is 2.13. The zero-order valence-corrected chi connectivity index (χ0v) is 9.45. The van der Waals surface area contributed by atoms with Gasteiger partial charge in [0.2, 0.25) is 5.78 Å². The van der Waals surface area contributed by atoms with E-state index in [1.165, 1.54) is 6.08 Å². The summed E-state index contributed by atoms with van der Waals surface area (Å²) in [7, 11) is 1.60. The molecule has 5 heteroatoms. The number of ether oxygens (including phenoxy) is 1. The Kier molecular flexibility index (Phi) is 4.03. The van der Waals surface area contributed by atoms with Crippen LogP contribution in [0.5, 0.6) is 0 Å². The van der Waals surface area contributed by atoms with Crippen molar-refractivity contribution in [2.24, 2.45) is 0 Å². The predicted octanol–water partition coefficient (Wildman–Crippen LogP) is 1.66. The molecule has 1 aromatic heterocycles. The minimum Gasteiger partial charge on any atom is -0.383 e. The van der Waals surface area contributed by atoms with E-state index in [1.807, 2.05) is 0 Å². The lowest BCUT2D eigenvalue weighted by Gasteiger charge is -2.04. The van der Waals surface area contributed by atoms with Crippen molar-refractivity contribution in [3.8, 4) is 0 Å². The summed E-state index contributed by atoms with van der Waals surface area (Å²) in [6.45, 7) is 4.51. The van der Waals surface area contributed by atoms with Crippen LogP contribution in [0.1, 0.15) is 10.5 Å². The molecule has 0 aliphatic carbocycles. The van der Waals surface area contributed by atoms with Gasteiger partial charge in [0, 0.05) is 7.11 Å². The molecule has 76 valence electrons. The molecule has 0 saturated carbocycles. The van der Waals surface area contributed by atoms with Gasteiger partial charge in [0.25, 0.3) is 0 Å². The SMILES string of the molecule is C=CC(=O)c1c(Br)cnn1CCOC. The number of allylic oxidation sites excluding steroid dienone is 1. The summed E-state index contributed by atoms with van der Waals surface area (Å²) in [4.78, 5) is 11.4. The average Bonchev–Trinajstić information content (AvgIpc) is 2.55. The number of nitrogens with zero attached hydrogens (tertiary/aromatic N) is 2. The van der Waals surface area contributed by atoms with E-state index in [9.17, 15) is 4.79 Å². The van der Waals surface area contributed by atoms with E-state index in [0.29, 0.717) is 23.3 Å². The summed E-state index contributed by atoms with van der Waals surface area (Å²) in [5.41, 5.74) is 0.511. The van der Waals surface area contributed by atoms with E-state index in [0.717, 1.165) is 0 Å². The van der Waals surface area contributed by atoms with Crippen LogP contribution in [-0.4, -0.2) is 29.3 Å². The van der Waals surface area contributed by atoms with Gasteiger partial charge < -0.3 is 4.74 Å². The molecule has 0 bridgehead atoms. The van der Waals surface area contributed by atoms with Crippen molar-refractivity contribution in [2.45, 2.75) is 6.54 Å². The number of carbonyl (C=O) groups excluding carboxylic acids is 1. The van der Waals surface area contributed by atoms with Gasteiger partial charge in [-0.25, -0.2) is 0 Å². The lowest BCUT2D eigenvalue weighted by atomic mass is 10.3. The summed E-state index contributed by atoms with van der Waals surface area (Å²) >= 11 is 3.26. The monoisotopic (exact) mass is 258 g/mol. The Morgan fingerprint density at radius 1 is 1.86 bits per heavy atom. The van der Waals surface area contributed by atoms with Gasteiger partial charge in [-0.1, -0.05) is 6.58 Å². The van der Waals surface area contributed by atoms with E-state index < -0.39 is 0 Å². The fraction of sp³-hybridized carbons (Fsp3) is 0.333.